The molecule has 0 aliphatic heterocycles. The van der Waals surface area contributed by atoms with E-state index in [0.29, 0.717) is 5.75 Å². The Kier molecular flexibility index (Phi) is 7.19. The summed E-state index contributed by atoms with van der Waals surface area (Å²) in [6.07, 6.45) is 0. The number of esters is 1. The lowest BCUT2D eigenvalue weighted by molar-refractivity contribution is -0.156. The second-order valence-electron chi connectivity index (χ2n) is 8.25. The predicted molar refractivity (Wildman–Crippen MR) is 125 cm³/mol. The highest BCUT2D eigenvalue weighted by Crippen LogP contribution is 2.33. The van der Waals surface area contributed by atoms with Crippen LogP contribution in [0.1, 0.15) is 32.4 Å². The Morgan fingerprint density at radius 2 is 1.29 bits per heavy atom. The van der Waals surface area contributed by atoms with E-state index in [1.807, 2.05) is 106 Å². The topological polar surface area (TPSA) is 59.6 Å². The molecular weight excluding hydrogens is 388 g/mol. The summed E-state index contributed by atoms with van der Waals surface area (Å²) in [6, 6.07) is 26.0. The molecule has 0 aromatic heterocycles. The lowest BCUT2D eigenvalue weighted by atomic mass is 9.96. The van der Waals surface area contributed by atoms with E-state index in [4.69, 9.17) is 9.47 Å². The zero-order valence-corrected chi connectivity index (χ0v) is 18.5. The molecule has 3 aromatic rings. The van der Waals surface area contributed by atoms with Gasteiger partial charge in [-0.2, -0.15) is 0 Å². The van der Waals surface area contributed by atoms with E-state index in [9.17, 15) is 4.79 Å². The molecule has 3 aromatic carbocycles. The molecule has 0 aliphatic rings. The number of carbonyl (C=O) groups excluding carboxylic acids is 1. The van der Waals surface area contributed by atoms with Crippen LogP contribution in [0.3, 0.4) is 0 Å². The summed E-state index contributed by atoms with van der Waals surface area (Å²) in [5.41, 5.74) is 1.95. The van der Waals surface area contributed by atoms with Gasteiger partial charge in [0.25, 0.3) is 0 Å². The minimum atomic E-state index is -0.710. The average Bonchev–Trinajstić information content (AvgIpc) is 2.76. The fraction of sp³-hybridized carbons (Fsp3) is 0.269. The number of para-hydroxylation sites is 3. The molecule has 5 nitrogen and oxygen atoms in total. The summed E-state index contributed by atoms with van der Waals surface area (Å²) in [4.78, 5) is 13.4. The molecule has 2 N–H and O–H groups in total. The van der Waals surface area contributed by atoms with Crippen molar-refractivity contribution in [1.82, 2.24) is 0 Å². The molecule has 0 fully saturated rings. The normalized spacial score (nSPS) is 13.0. The van der Waals surface area contributed by atoms with Gasteiger partial charge in [0.2, 0.25) is 0 Å². The second-order valence-corrected chi connectivity index (χ2v) is 8.25. The molecule has 162 valence electrons. The first-order chi connectivity index (χ1) is 14.9. The van der Waals surface area contributed by atoms with Crippen molar-refractivity contribution < 1.29 is 14.3 Å². The quantitative estimate of drug-likeness (QED) is 0.462. The number of benzene rings is 3. The summed E-state index contributed by atoms with van der Waals surface area (Å²) >= 11 is 0. The van der Waals surface area contributed by atoms with Gasteiger partial charge in [-0.15, -0.1) is 0 Å². The monoisotopic (exact) mass is 418 g/mol. The fourth-order valence-electron chi connectivity index (χ4n) is 3.34. The van der Waals surface area contributed by atoms with Gasteiger partial charge in [-0.1, -0.05) is 54.6 Å². The summed E-state index contributed by atoms with van der Waals surface area (Å²) in [5.74, 6) is 0.343. The van der Waals surface area contributed by atoms with Crippen molar-refractivity contribution in [1.29, 1.82) is 0 Å². The fourth-order valence-corrected chi connectivity index (χ4v) is 3.34. The standard InChI is InChI=1S/C26H30N2O3/c1-26(2,3)31-25(29)24(28-20-15-9-6-10-16-20)23(27-19-13-7-5-8-14-19)21-17-11-12-18-22(21)30-4/h5-18,23-24,27-28H,1-4H3/t23-,24-/m0/s1. The van der Waals surface area contributed by atoms with Gasteiger partial charge in [0.05, 0.1) is 13.2 Å². The maximum absolute atomic E-state index is 13.4. The Hall–Kier alpha value is -3.47. The number of methoxy groups -OCH3 is 1. The van der Waals surface area contributed by atoms with E-state index in [-0.39, 0.29) is 5.97 Å². The van der Waals surface area contributed by atoms with Crippen LogP contribution in [0.2, 0.25) is 0 Å². The molecule has 0 heterocycles. The van der Waals surface area contributed by atoms with Gasteiger partial charge in [-0.3, -0.25) is 0 Å². The highest BCUT2D eigenvalue weighted by atomic mass is 16.6. The first-order valence-electron chi connectivity index (χ1n) is 10.4. The maximum atomic E-state index is 13.4. The van der Waals surface area contributed by atoms with Crippen molar-refractivity contribution in [3.8, 4) is 5.75 Å². The minimum Gasteiger partial charge on any atom is -0.496 e. The Balaban J connectivity index is 2.07. The van der Waals surface area contributed by atoms with E-state index in [0.717, 1.165) is 16.9 Å². The van der Waals surface area contributed by atoms with Crippen molar-refractivity contribution in [2.75, 3.05) is 17.7 Å². The van der Waals surface area contributed by atoms with Crippen LogP contribution in [0.5, 0.6) is 5.75 Å². The molecule has 0 bridgehead atoms. The highest BCUT2D eigenvalue weighted by Gasteiger charge is 2.35. The van der Waals surface area contributed by atoms with E-state index in [1.54, 1.807) is 7.11 Å². The summed E-state index contributed by atoms with van der Waals surface area (Å²) in [7, 11) is 1.63. The number of carbonyl (C=O) groups is 1. The van der Waals surface area contributed by atoms with E-state index >= 15 is 0 Å². The largest absolute Gasteiger partial charge is 0.496 e. The third-order valence-electron chi connectivity index (χ3n) is 4.66. The first-order valence-corrected chi connectivity index (χ1v) is 10.4. The molecule has 0 radical (unpaired) electrons. The molecule has 0 spiro atoms. The summed E-state index contributed by atoms with van der Waals surface area (Å²) in [5, 5.41) is 6.89. The van der Waals surface area contributed by atoms with Gasteiger partial charge in [-0.05, 0) is 51.1 Å². The minimum absolute atomic E-state index is 0.351. The average molecular weight is 419 g/mol. The maximum Gasteiger partial charge on any atom is 0.331 e. The van der Waals surface area contributed by atoms with Gasteiger partial charge in [-0.25, -0.2) is 4.79 Å². The third kappa shape index (κ3) is 6.25. The smallest absolute Gasteiger partial charge is 0.331 e. The van der Waals surface area contributed by atoms with Crippen LogP contribution < -0.4 is 15.4 Å². The molecule has 0 saturated carbocycles. The number of rotatable bonds is 8. The number of ether oxygens (including phenoxy) is 2. The van der Waals surface area contributed by atoms with Gasteiger partial charge < -0.3 is 20.1 Å². The van der Waals surface area contributed by atoms with Crippen LogP contribution in [0.15, 0.2) is 84.9 Å². The van der Waals surface area contributed by atoms with E-state index in [2.05, 4.69) is 10.6 Å². The van der Waals surface area contributed by atoms with Crippen LogP contribution in [-0.4, -0.2) is 24.7 Å². The Labute approximate surface area is 184 Å². The molecule has 31 heavy (non-hydrogen) atoms. The molecule has 3 rings (SSSR count). The SMILES string of the molecule is COc1ccccc1[C@H](Nc1ccccc1)[C@H](Nc1ccccc1)C(=O)OC(C)(C)C. The van der Waals surface area contributed by atoms with Gasteiger partial charge >= 0.3 is 5.97 Å². The van der Waals surface area contributed by atoms with Crippen molar-refractivity contribution in [2.24, 2.45) is 0 Å². The van der Waals surface area contributed by atoms with Gasteiger partial charge in [0.1, 0.15) is 17.4 Å². The lowest BCUT2D eigenvalue weighted by Crippen LogP contribution is -2.43. The molecule has 0 unspecified atom stereocenters. The van der Waals surface area contributed by atoms with Crippen LogP contribution in [0, 0.1) is 0 Å². The highest BCUT2D eigenvalue weighted by molar-refractivity contribution is 5.82. The van der Waals surface area contributed by atoms with Gasteiger partial charge in [0.15, 0.2) is 0 Å². The molecular formula is C26H30N2O3. The Bertz CT molecular complexity index is 969. The number of hydrogen-bond acceptors (Lipinski definition) is 5. The van der Waals surface area contributed by atoms with E-state index < -0.39 is 17.7 Å². The molecule has 0 aliphatic carbocycles. The molecule has 5 heteroatoms. The van der Waals surface area contributed by atoms with Crippen molar-refractivity contribution in [2.45, 2.75) is 38.5 Å². The van der Waals surface area contributed by atoms with Crippen LogP contribution in [-0.2, 0) is 9.53 Å². The number of nitrogens with one attached hydrogen (secondary N) is 2. The third-order valence-corrected chi connectivity index (χ3v) is 4.66. The van der Waals surface area contributed by atoms with Gasteiger partial charge in [0, 0.05) is 16.9 Å². The zero-order chi connectivity index (χ0) is 22.3. The zero-order valence-electron chi connectivity index (χ0n) is 18.5. The lowest BCUT2D eigenvalue weighted by Gasteiger charge is -2.32. The van der Waals surface area contributed by atoms with Crippen molar-refractivity contribution in [3.63, 3.8) is 0 Å². The van der Waals surface area contributed by atoms with Crippen LogP contribution >= 0.6 is 0 Å². The van der Waals surface area contributed by atoms with Crippen LogP contribution in [0.4, 0.5) is 11.4 Å². The van der Waals surface area contributed by atoms with Crippen molar-refractivity contribution in [3.05, 3.63) is 90.5 Å². The van der Waals surface area contributed by atoms with Crippen LogP contribution in [0.25, 0.3) is 0 Å². The molecule has 0 amide bonds. The summed E-state index contributed by atoms with van der Waals surface area (Å²) in [6.45, 7) is 5.60. The first kappa shape index (κ1) is 22.2. The Morgan fingerprint density at radius 3 is 1.84 bits per heavy atom. The van der Waals surface area contributed by atoms with Crippen molar-refractivity contribution >= 4 is 17.3 Å². The number of hydrogen-bond donors (Lipinski definition) is 2. The summed E-state index contributed by atoms with van der Waals surface area (Å²) < 4.78 is 11.4. The number of anilines is 2. The molecule has 0 saturated heterocycles. The predicted octanol–water partition coefficient (Wildman–Crippen LogP) is 5.67. The second kappa shape index (κ2) is 10.0. The molecule has 2 atom stereocenters. The van der Waals surface area contributed by atoms with E-state index in [1.165, 1.54) is 0 Å². The Morgan fingerprint density at radius 1 is 0.774 bits per heavy atom.